The number of carbonyl (C=O) groups is 2. The van der Waals surface area contributed by atoms with Gasteiger partial charge in [0.1, 0.15) is 6.04 Å². The fourth-order valence-electron chi connectivity index (χ4n) is 5.58. The summed E-state index contributed by atoms with van der Waals surface area (Å²) in [5.41, 5.74) is 16.2. The molecule has 2 aromatic carbocycles. The number of nitrogens with two attached hydrogens (primary N) is 2. The molecule has 8 nitrogen and oxygen atoms in total. The van der Waals surface area contributed by atoms with Gasteiger partial charge in [0.15, 0.2) is 0 Å². The summed E-state index contributed by atoms with van der Waals surface area (Å²) < 4.78 is 1.91. The van der Waals surface area contributed by atoms with Gasteiger partial charge in [-0.2, -0.15) is 5.10 Å². The molecule has 4 aromatic rings. The van der Waals surface area contributed by atoms with Crippen molar-refractivity contribution in [3.05, 3.63) is 94.4 Å². The lowest BCUT2D eigenvalue weighted by Crippen LogP contribution is -2.49. The van der Waals surface area contributed by atoms with Crippen molar-refractivity contribution in [2.45, 2.75) is 45.1 Å². The van der Waals surface area contributed by atoms with E-state index in [-0.39, 0.29) is 29.6 Å². The lowest BCUT2D eigenvalue weighted by Gasteiger charge is -2.52. The zero-order chi connectivity index (χ0) is 29.3. The van der Waals surface area contributed by atoms with Gasteiger partial charge in [0.2, 0.25) is 11.8 Å². The molecule has 212 valence electrons. The summed E-state index contributed by atoms with van der Waals surface area (Å²) in [6, 6.07) is 17.7. The number of pyridine rings is 1. The number of nitrogen functional groups attached to an aromatic ring is 1. The van der Waals surface area contributed by atoms with Gasteiger partial charge in [-0.1, -0.05) is 49.2 Å². The zero-order valence-corrected chi connectivity index (χ0v) is 24.4. The number of nitrogens with zero attached hydrogens (tertiary/aromatic N) is 3. The number of hydrogen-bond acceptors (Lipinski definition) is 5. The van der Waals surface area contributed by atoms with Crippen LogP contribution in [0.4, 0.5) is 5.69 Å². The minimum atomic E-state index is -0.803. The Balaban J connectivity index is 1.34. The number of nitrogens with one attached hydrogen (secondary N) is 1. The van der Waals surface area contributed by atoms with E-state index in [1.54, 1.807) is 36.7 Å². The van der Waals surface area contributed by atoms with Crippen molar-refractivity contribution < 1.29 is 9.59 Å². The number of halogens is 2. The first kappa shape index (κ1) is 28.6. The Bertz CT molecular complexity index is 1570. The molecule has 1 fully saturated rings. The van der Waals surface area contributed by atoms with Crippen LogP contribution in [0.5, 0.6) is 0 Å². The number of carbonyl (C=O) groups excluding carboxylic acids is 2. The van der Waals surface area contributed by atoms with Crippen molar-refractivity contribution in [3.8, 4) is 16.9 Å². The second kappa shape index (κ2) is 11.5. The van der Waals surface area contributed by atoms with Gasteiger partial charge in [-0.25, -0.2) is 4.68 Å². The number of rotatable bonds is 9. The van der Waals surface area contributed by atoms with Gasteiger partial charge in [0, 0.05) is 48.1 Å². The molecule has 1 aliphatic rings. The third-order valence-corrected chi connectivity index (χ3v) is 8.94. The SMILES string of the molecule is CC1(C)[C@@H](CC(=O)N[C@@H](Cc2ccc(N)cc2)C(N)=O)C[C@@H]1c1cc(-c2cccnc2)nn1-c1ccc(Cl)c(Cl)c1. The molecule has 41 heavy (non-hydrogen) atoms. The van der Waals surface area contributed by atoms with Crippen LogP contribution in [0, 0.1) is 11.3 Å². The van der Waals surface area contributed by atoms with Crippen molar-refractivity contribution >= 4 is 40.7 Å². The normalized spacial score (nSPS) is 18.3. The first-order chi connectivity index (χ1) is 19.5. The smallest absolute Gasteiger partial charge is 0.240 e. The van der Waals surface area contributed by atoms with Crippen LogP contribution in [0.15, 0.2) is 73.1 Å². The summed E-state index contributed by atoms with van der Waals surface area (Å²) in [7, 11) is 0. The highest BCUT2D eigenvalue weighted by Gasteiger charge is 2.50. The molecule has 2 aromatic heterocycles. The molecule has 1 saturated carbocycles. The number of amides is 2. The third-order valence-electron chi connectivity index (χ3n) is 8.20. The van der Waals surface area contributed by atoms with E-state index in [9.17, 15) is 9.59 Å². The molecule has 0 unspecified atom stereocenters. The Morgan fingerprint density at radius 1 is 1.10 bits per heavy atom. The average Bonchev–Trinajstić information content (AvgIpc) is 3.38. The van der Waals surface area contributed by atoms with Gasteiger partial charge >= 0.3 is 0 Å². The standard InChI is InChI=1S/C31H32Cl2N6O2/c1-31(2)20(14-29(40)37-27(30(35)41)12-18-5-7-21(34)8-6-18)13-23(31)28-16-26(19-4-3-11-36-17-19)38-39(28)22-9-10-24(32)25(33)15-22/h3-11,15-17,20,23,27H,12-14,34H2,1-2H3,(H2,35,41)(H,37,40)/t20-,23-,27+/m1/s1. The van der Waals surface area contributed by atoms with Crippen molar-refractivity contribution in [2.24, 2.45) is 17.1 Å². The average molecular weight is 592 g/mol. The predicted octanol–water partition coefficient (Wildman–Crippen LogP) is 5.56. The molecule has 0 saturated heterocycles. The van der Waals surface area contributed by atoms with E-state index in [1.807, 2.05) is 35.0 Å². The van der Waals surface area contributed by atoms with E-state index in [4.69, 9.17) is 39.8 Å². The summed E-state index contributed by atoms with van der Waals surface area (Å²) in [5, 5.41) is 8.68. The van der Waals surface area contributed by atoms with E-state index in [0.29, 0.717) is 22.2 Å². The number of hydrogen-bond donors (Lipinski definition) is 3. The van der Waals surface area contributed by atoms with Gasteiger partial charge in [-0.05, 0) is 71.8 Å². The van der Waals surface area contributed by atoms with Crippen LogP contribution in [0.25, 0.3) is 16.9 Å². The summed E-state index contributed by atoms with van der Waals surface area (Å²) in [4.78, 5) is 29.5. The minimum Gasteiger partial charge on any atom is -0.399 e. The van der Waals surface area contributed by atoms with Gasteiger partial charge in [0.25, 0.3) is 0 Å². The van der Waals surface area contributed by atoms with E-state index < -0.39 is 11.9 Å². The van der Waals surface area contributed by atoms with Crippen molar-refractivity contribution in [3.63, 3.8) is 0 Å². The molecule has 1 aliphatic carbocycles. The van der Waals surface area contributed by atoms with Gasteiger partial charge in [0.05, 0.1) is 21.4 Å². The third kappa shape index (κ3) is 6.09. The van der Waals surface area contributed by atoms with Crippen molar-refractivity contribution in [1.29, 1.82) is 0 Å². The lowest BCUT2D eigenvalue weighted by molar-refractivity contribution is -0.130. The highest BCUT2D eigenvalue weighted by Crippen LogP contribution is 2.58. The molecule has 0 radical (unpaired) electrons. The Morgan fingerprint density at radius 3 is 2.49 bits per heavy atom. The maximum atomic E-state index is 13.1. The molecule has 3 atom stereocenters. The first-order valence-electron chi connectivity index (χ1n) is 13.4. The molecule has 10 heteroatoms. The number of aromatic nitrogens is 3. The second-order valence-corrected chi connectivity index (χ2v) is 12.0. The topological polar surface area (TPSA) is 129 Å². The van der Waals surface area contributed by atoms with Crippen LogP contribution in [0.1, 0.15) is 43.9 Å². The first-order valence-corrected chi connectivity index (χ1v) is 14.2. The molecule has 0 bridgehead atoms. The summed E-state index contributed by atoms with van der Waals surface area (Å²) in [6.07, 6.45) is 4.87. The molecule has 5 N–H and O–H groups in total. The van der Waals surface area contributed by atoms with E-state index in [1.165, 1.54) is 0 Å². The number of primary amides is 1. The van der Waals surface area contributed by atoms with Crippen LogP contribution >= 0.6 is 23.2 Å². The van der Waals surface area contributed by atoms with Gasteiger partial charge < -0.3 is 16.8 Å². The van der Waals surface area contributed by atoms with Crippen LogP contribution in [-0.2, 0) is 16.0 Å². The second-order valence-electron chi connectivity index (χ2n) is 11.2. The Hall–Kier alpha value is -3.88. The lowest BCUT2D eigenvalue weighted by atomic mass is 9.52. The highest BCUT2D eigenvalue weighted by molar-refractivity contribution is 6.42. The van der Waals surface area contributed by atoms with E-state index in [0.717, 1.165) is 34.6 Å². The molecule has 2 amide bonds. The monoisotopic (exact) mass is 590 g/mol. The molecule has 5 rings (SSSR count). The molecule has 0 aliphatic heterocycles. The molecular weight excluding hydrogens is 559 g/mol. The summed E-state index contributed by atoms with van der Waals surface area (Å²) in [6.45, 7) is 4.32. The van der Waals surface area contributed by atoms with E-state index in [2.05, 4.69) is 30.2 Å². The Morgan fingerprint density at radius 2 is 1.85 bits per heavy atom. The largest absolute Gasteiger partial charge is 0.399 e. The van der Waals surface area contributed by atoms with E-state index >= 15 is 0 Å². The highest BCUT2D eigenvalue weighted by atomic mass is 35.5. The number of anilines is 1. The van der Waals surface area contributed by atoms with Crippen LogP contribution < -0.4 is 16.8 Å². The van der Waals surface area contributed by atoms with Crippen LogP contribution in [0.3, 0.4) is 0 Å². The summed E-state index contributed by atoms with van der Waals surface area (Å²) >= 11 is 12.5. The Labute approximate surface area is 249 Å². The molecular formula is C31H32Cl2N6O2. The molecule has 0 spiro atoms. The molecule has 2 heterocycles. The maximum Gasteiger partial charge on any atom is 0.240 e. The van der Waals surface area contributed by atoms with Crippen LogP contribution in [0.2, 0.25) is 10.0 Å². The fraction of sp³-hybridized carbons (Fsp3) is 0.290. The fourth-order valence-corrected chi connectivity index (χ4v) is 5.87. The van der Waals surface area contributed by atoms with Crippen molar-refractivity contribution in [2.75, 3.05) is 5.73 Å². The van der Waals surface area contributed by atoms with Crippen LogP contribution in [-0.4, -0.2) is 32.6 Å². The predicted molar refractivity (Wildman–Crippen MR) is 162 cm³/mol. The van der Waals surface area contributed by atoms with Crippen molar-refractivity contribution in [1.82, 2.24) is 20.1 Å². The zero-order valence-electron chi connectivity index (χ0n) is 22.9. The summed E-state index contributed by atoms with van der Waals surface area (Å²) in [5.74, 6) is -0.560. The van der Waals surface area contributed by atoms with Gasteiger partial charge in [-0.15, -0.1) is 0 Å². The number of benzene rings is 2. The quantitative estimate of drug-likeness (QED) is 0.220. The Kier molecular flexibility index (Phi) is 8.07. The maximum absolute atomic E-state index is 13.1. The van der Waals surface area contributed by atoms with Gasteiger partial charge in [-0.3, -0.25) is 14.6 Å². The minimum absolute atomic E-state index is 0.0940.